The Morgan fingerprint density at radius 3 is 2.74 bits per heavy atom. The molecule has 0 saturated heterocycles. The van der Waals surface area contributed by atoms with Gasteiger partial charge in [0.1, 0.15) is 5.82 Å². The summed E-state index contributed by atoms with van der Waals surface area (Å²) >= 11 is 9.49. The highest BCUT2D eigenvalue weighted by Gasteiger charge is 2.13. The van der Waals surface area contributed by atoms with Crippen molar-refractivity contribution in [1.29, 1.82) is 0 Å². The van der Waals surface area contributed by atoms with Gasteiger partial charge in [-0.2, -0.15) is 0 Å². The van der Waals surface area contributed by atoms with E-state index < -0.39 is 0 Å². The largest absolute Gasteiger partial charge is 0.375 e. The van der Waals surface area contributed by atoms with Gasteiger partial charge in [-0.3, -0.25) is 0 Å². The van der Waals surface area contributed by atoms with Crippen LogP contribution in [0.3, 0.4) is 0 Å². The van der Waals surface area contributed by atoms with Gasteiger partial charge in [-0.05, 0) is 46.9 Å². The monoisotopic (exact) mass is 404 g/mol. The summed E-state index contributed by atoms with van der Waals surface area (Å²) in [6, 6.07) is 8.57. The first kappa shape index (κ1) is 13.1. The highest BCUT2D eigenvalue weighted by molar-refractivity contribution is 14.1. The molecule has 0 saturated carbocycles. The van der Waals surface area contributed by atoms with Crippen LogP contribution in [0.15, 0.2) is 30.3 Å². The van der Waals surface area contributed by atoms with E-state index in [1.165, 1.54) is 17.4 Å². The molecule has 0 aliphatic rings. The molecule has 3 rings (SSSR count). The summed E-state index contributed by atoms with van der Waals surface area (Å²) in [6.45, 7) is 0. The molecule has 0 bridgehead atoms. The zero-order valence-electron chi connectivity index (χ0n) is 9.45. The van der Waals surface area contributed by atoms with E-state index in [0.29, 0.717) is 26.8 Å². The number of hydrogen-bond acceptors (Lipinski definition) is 3. The average molecular weight is 405 g/mol. The Bertz CT molecular complexity index is 788. The predicted molar refractivity (Wildman–Crippen MR) is 87.2 cm³/mol. The van der Waals surface area contributed by atoms with Gasteiger partial charge in [0.05, 0.1) is 10.2 Å². The lowest BCUT2D eigenvalue weighted by Gasteiger charge is -2.06. The second kappa shape index (κ2) is 4.88. The van der Waals surface area contributed by atoms with Crippen LogP contribution in [0.5, 0.6) is 0 Å². The lowest BCUT2D eigenvalue weighted by atomic mass is 10.0. The van der Waals surface area contributed by atoms with Crippen LogP contribution in [0.25, 0.3) is 21.3 Å². The quantitative estimate of drug-likeness (QED) is 0.583. The van der Waals surface area contributed by atoms with Crippen molar-refractivity contribution in [2.45, 2.75) is 0 Å². The molecule has 0 spiro atoms. The van der Waals surface area contributed by atoms with E-state index in [1.54, 1.807) is 18.2 Å². The fourth-order valence-electron chi connectivity index (χ4n) is 1.93. The van der Waals surface area contributed by atoms with Crippen LogP contribution in [0.1, 0.15) is 0 Å². The van der Waals surface area contributed by atoms with Crippen LogP contribution in [0, 0.1) is 9.39 Å². The van der Waals surface area contributed by atoms with E-state index in [1.807, 2.05) is 6.07 Å². The number of aromatic nitrogens is 1. The first-order valence-corrected chi connectivity index (χ1v) is 7.63. The van der Waals surface area contributed by atoms with Gasteiger partial charge in [-0.25, -0.2) is 9.37 Å². The predicted octanol–water partition coefficient (Wildman–Crippen LogP) is 4.94. The maximum Gasteiger partial charge on any atom is 0.181 e. The van der Waals surface area contributed by atoms with Crippen LogP contribution in [-0.2, 0) is 0 Å². The lowest BCUT2D eigenvalue weighted by Crippen LogP contribution is -1.88. The third kappa shape index (κ3) is 2.42. The number of fused-ring (bicyclic) bond motifs is 1. The normalized spacial score (nSPS) is 11.1. The molecule has 0 fully saturated rings. The van der Waals surface area contributed by atoms with Gasteiger partial charge < -0.3 is 5.73 Å². The first-order valence-electron chi connectivity index (χ1n) is 5.35. The Kier molecular flexibility index (Phi) is 3.36. The topological polar surface area (TPSA) is 38.9 Å². The molecule has 96 valence electrons. The Labute approximate surface area is 131 Å². The first-order chi connectivity index (χ1) is 9.04. The number of nitrogens with zero attached hydrogens (tertiary/aromatic N) is 1. The summed E-state index contributed by atoms with van der Waals surface area (Å²) in [5.41, 5.74) is 7.56. The van der Waals surface area contributed by atoms with E-state index in [4.69, 9.17) is 17.3 Å². The molecule has 0 aliphatic heterocycles. The Morgan fingerprint density at radius 2 is 2.00 bits per heavy atom. The van der Waals surface area contributed by atoms with Crippen molar-refractivity contribution in [3.63, 3.8) is 0 Å². The van der Waals surface area contributed by atoms with Crippen molar-refractivity contribution >= 4 is 60.9 Å². The average Bonchev–Trinajstić information content (AvgIpc) is 2.68. The van der Waals surface area contributed by atoms with Gasteiger partial charge in [-0.1, -0.05) is 29.0 Å². The Balaban J connectivity index is 2.35. The lowest BCUT2D eigenvalue weighted by molar-refractivity contribution is 0.630. The van der Waals surface area contributed by atoms with E-state index in [-0.39, 0.29) is 5.82 Å². The summed E-state index contributed by atoms with van der Waals surface area (Å²) in [4.78, 5) is 4.26. The standard InChI is InChI=1S/C13H7ClFIN2S/c14-6-3-9(8-2-1-7(16)5-10(8)15)12-11(4-6)19-13(17)18-12/h1-5H,(H2,17,18). The van der Waals surface area contributed by atoms with Gasteiger partial charge in [0.25, 0.3) is 0 Å². The van der Waals surface area contributed by atoms with Crippen molar-refractivity contribution in [2.24, 2.45) is 0 Å². The molecular weight excluding hydrogens is 398 g/mol. The molecular formula is C13H7ClFIN2S. The molecule has 3 aromatic rings. The molecule has 0 radical (unpaired) electrons. The maximum absolute atomic E-state index is 14.1. The molecule has 1 aromatic heterocycles. The van der Waals surface area contributed by atoms with Gasteiger partial charge in [0.2, 0.25) is 0 Å². The summed E-state index contributed by atoms with van der Waals surface area (Å²) in [6.07, 6.45) is 0. The molecule has 2 N–H and O–H groups in total. The molecule has 2 aromatic carbocycles. The molecule has 0 amide bonds. The number of halogens is 3. The van der Waals surface area contributed by atoms with Gasteiger partial charge in [-0.15, -0.1) is 0 Å². The van der Waals surface area contributed by atoms with E-state index in [2.05, 4.69) is 27.6 Å². The number of anilines is 1. The molecule has 0 atom stereocenters. The maximum atomic E-state index is 14.1. The number of benzene rings is 2. The van der Waals surface area contributed by atoms with Gasteiger partial charge >= 0.3 is 0 Å². The van der Waals surface area contributed by atoms with E-state index in [0.717, 1.165) is 8.27 Å². The highest BCUT2D eigenvalue weighted by Crippen LogP contribution is 2.36. The minimum Gasteiger partial charge on any atom is -0.375 e. The number of nitrogens with two attached hydrogens (primary N) is 1. The summed E-state index contributed by atoms with van der Waals surface area (Å²) < 4.78 is 15.8. The summed E-state index contributed by atoms with van der Waals surface area (Å²) in [5.74, 6) is -0.290. The SMILES string of the molecule is Nc1nc2c(-c3ccc(I)cc3F)cc(Cl)cc2s1. The van der Waals surface area contributed by atoms with Gasteiger partial charge in [0.15, 0.2) is 5.13 Å². The van der Waals surface area contributed by atoms with Crippen LogP contribution in [0.2, 0.25) is 5.02 Å². The van der Waals surface area contributed by atoms with Crippen molar-refractivity contribution < 1.29 is 4.39 Å². The Morgan fingerprint density at radius 1 is 1.21 bits per heavy atom. The van der Waals surface area contributed by atoms with Crippen LogP contribution < -0.4 is 5.73 Å². The van der Waals surface area contributed by atoms with Crippen LogP contribution in [-0.4, -0.2) is 4.98 Å². The molecule has 2 nitrogen and oxygen atoms in total. The summed E-state index contributed by atoms with van der Waals surface area (Å²) in [5, 5.41) is 0.994. The Hall–Kier alpha value is -0.920. The van der Waals surface area contributed by atoms with Crippen molar-refractivity contribution in [3.05, 3.63) is 44.7 Å². The number of rotatable bonds is 1. The highest BCUT2D eigenvalue weighted by atomic mass is 127. The second-order valence-electron chi connectivity index (χ2n) is 3.98. The number of hydrogen-bond donors (Lipinski definition) is 1. The zero-order chi connectivity index (χ0) is 13.6. The molecule has 1 heterocycles. The smallest absolute Gasteiger partial charge is 0.181 e. The molecule has 0 aliphatic carbocycles. The van der Waals surface area contributed by atoms with Crippen molar-refractivity contribution in [3.8, 4) is 11.1 Å². The number of nitrogen functional groups attached to an aromatic ring is 1. The van der Waals surface area contributed by atoms with E-state index in [9.17, 15) is 4.39 Å². The minimum atomic E-state index is -0.290. The van der Waals surface area contributed by atoms with Crippen LogP contribution >= 0.6 is 45.5 Å². The number of thiazole rings is 1. The van der Waals surface area contributed by atoms with Crippen LogP contribution in [0.4, 0.5) is 9.52 Å². The minimum absolute atomic E-state index is 0.290. The third-order valence-electron chi connectivity index (χ3n) is 2.70. The molecule has 19 heavy (non-hydrogen) atoms. The second-order valence-corrected chi connectivity index (χ2v) is 6.72. The van der Waals surface area contributed by atoms with Crippen molar-refractivity contribution in [2.75, 3.05) is 5.73 Å². The van der Waals surface area contributed by atoms with Crippen molar-refractivity contribution in [1.82, 2.24) is 4.98 Å². The summed E-state index contributed by atoms with van der Waals surface area (Å²) in [7, 11) is 0. The third-order valence-corrected chi connectivity index (χ3v) is 4.42. The van der Waals surface area contributed by atoms with Gasteiger partial charge in [0, 0.05) is 19.7 Å². The molecule has 0 unspecified atom stereocenters. The zero-order valence-corrected chi connectivity index (χ0v) is 13.2. The fourth-order valence-corrected chi connectivity index (χ4v) is 3.46. The fraction of sp³-hybridized carbons (Fsp3) is 0. The van der Waals surface area contributed by atoms with E-state index >= 15 is 0 Å². The molecule has 6 heteroatoms.